The van der Waals surface area contributed by atoms with Gasteiger partial charge in [0.15, 0.2) is 0 Å². The van der Waals surface area contributed by atoms with Gasteiger partial charge in [0.2, 0.25) is 0 Å². The summed E-state index contributed by atoms with van der Waals surface area (Å²) in [6.45, 7) is 0.340. The van der Waals surface area contributed by atoms with Gasteiger partial charge in [0.05, 0.1) is 25.0 Å². The molecule has 0 aliphatic carbocycles. The van der Waals surface area contributed by atoms with Crippen molar-refractivity contribution in [1.82, 2.24) is 0 Å². The number of rotatable bonds is 5. The summed E-state index contributed by atoms with van der Waals surface area (Å²) in [5.41, 5.74) is 7.65. The van der Waals surface area contributed by atoms with Crippen molar-refractivity contribution >= 4 is 23.0 Å². The van der Waals surface area contributed by atoms with Crippen molar-refractivity contribution < 1.29 is 14.3 Å². The third-order valence-electron chi connectivity index (χ3n) is 2.71. The van der Waals surface area contributed by atoms with Crippen molar-refractivity contribution in [2.45, 2.75) is 6.42 Å². The minimum absolute atomic E-state index is 0.311. The second-order valence-electron chi connectivity index (χ2n) is 3.94. The Hall–Kier alpha value is -2.01. The Morgan fingerprint density at radius 3 is 2.89 bits per heavy atom. The van der Waals surface area contributed by atoms with E-state index >= 15 is 0 Å². The predicted octanol–water partition coefficient (Wildman–Crippen LogP) is 2.74. The van der Waals surface area contributed by atoms with Crippen LogP contribution in [-0.4, -0.2) is 19.7 Å². The van der Waals surface area contributed by atoms with Gasteiger partial charge in [0, 0.05) is 6.42 Å². The summed E-state index contributed by atoms with van der Waals surface area (Å²) in [5, 5.41) is 4.03. The molecule has 0 radical (unpaired) electrons. The van der Waals surface area contributed by atoms with Crippen molar-refractivity contribution in [2.75, 3.05) is 19.5 Å². The molecule has 1 aromatic heterocycles. The quantitative estimate of drug-likeness (QED) is 0.674. The molecule has 0 aliphatic heterocycles. The minimum atomic E-state index is -0.424. The number of hydrogen-bond acceptors (Lipinski definition) is 5. The fourth-order valence-corrected chi connectivity index (χ4v) is 2.38. The number of esters is 1. The van der Waals surface area contributed by atoms with E-state index in [9.17, 15) is 4.79 Å². The first-order valence-corrected chi connectivity index (χ1v) is 6.77. The molecule has 2 N–H and O–H groups in total. The van der Waals surface area contributed by atoms with E-state index in [0.717, 1.165) is 5.56 Å². The Bertz CT molecular complexity index is 552. The fourth-order valence-electron chi connectivity index (χ4n) is 1.67. The highest BCUT2D eigenvalue weighted by molar-refractivity contribution is 7.07. The lowest BCUT2D eigenvalue weighted by Crippen LogP contribution is -2.11. The van der Waals surface area contributed by atoms with Gasteiger partial charge in [-0.05, 0) is 34.5 Å². The Labute approximate surface area is 115 Å². The number of ether oxygens (including phenoxy) is 2. The van der Waals surface area contributed by atoms with Gasteiger partial charge in [-0.3, -0.25) is 0 Å². The first kappa shape index (κ1) is 13.4. The molecule has 5 heteroatoms. The number of methoxy groups -OCH3 is 1. The lowest BCUT2D eigenvalue weighted by atomic mass is 10.1. The van der Waals surface area contributed by atoms with Gasteiger partial charge in [0.25, 0.3) is 0 Å². The third kappa shape index (κ3) is 3.26. The van der Waals surface area contributed by atoms with Crippen LogP contribution in [0.1, 0.15) is 15.9 Å². The summed E-state index contributed by atoms with van der Waals surface area (Å²) >= 11 is 1.63. The van der Waals surface area contributed by atoms with Gasteiger partial charge >= 0.3 is 5.97 Å². The summed E-state index contributed by atoms with van der Waals surface area (Å²) in [5.74, 6) is 0.0546. The highest BCUT2D eigenvalue weighted by Crippen LogP contribution is 2.25. The van der Waals surface area contributed by atoms with Crippen LogP contribution in [0, 0.1) is 0 Å². The van der Waals surface area contributed by atoms with Crippen LogP contribution >= 0.6 is 11.3 Å². The molecule has 0 bridgehead atoms. The van der Waals surface area contributed by atoms with Crippen LogP contribution in [-0.2, 0) is 11.2 Å². The molecule has 1 aromatic carbocycles. The average molecular weight is 277 g/mol. The number of anilines is 1. The zero-order valence-electron chi connectivity index (χ0n) is 10.6. The Kier molecular flexibility index (Phi) is 4.41. The topological polar surface area (TPSA) is 61.5 Å². The largest absolute Gasteiger partial charge is 0.495 e. The molecule has 19 heavy (non-hydrogen) atoms. The highest BCUT2D eigenvalue weighted by atomic mass is 32.1. The van der Waals surface area contributed by atoms with Crippen molar-refractivity contribution in [2.24, 2.45) is 0 Å². The van der Waals surface area contributed by atoms with Gasteiger partial charge in [0.1, 0.15) is 5.75 Å². The van der Waals surface area contributed by atoms with Crippen molar-refractivity contribution in [3.8, 4) is 5.75 Å². The summed E-state index contributed by atoms with van der Waals surface area (Å²) in [4.78, 5) is 11.9. The van der Waals surface area contributed by atoms with Crippen LogP contribution < -0.4 is 10.5 Å². The molecule has 0 saturated heterocycles. The van der Waals surface area contributed by atoms with Gasteiger partial charge in [-0.15, -0.1) is 0 Å². The van der Waals surface area contributed by atoms with Crippen LogP contribution in [0.3, 0.4) is 0 Å². The highest BCUT2D eigenvalue weighted by Gasteiger charge is 2.14. The second kappa shape index (κ2) is 6.24. The summed E-state index contributed by atoms with van der Waals surface area (Å²) in [6, 6.07) is 7.06. The van der Waals surface area contributed by atoms with E-state index in [1.54, 1.807) is 29.5 Å². The molecule has 0 aliphatic rings. The first-order chi connectivity index (χ1) is 9.22. The van der Waals surface area contributed by atoms with Gasteiger partial charge in [-0.2, -0.15) is 11.3 Å². The maximum Gasteiger partial charge on any atom is 0.340 e. The Balaban J connectivity index is 1.96. The molecule has 4 nitrogen and oxygen atoms in total. The van der Waals surface area contributed by atoms with E-state index in [0.29, 0.717) is 30.0 Å². The van der Waals surface area contributed by atoms with Gasteiger partial charge in [-0.1, -0.05) is 6.07 Å². The average Bonchev–Trinajstić information content (AvgIpc) is 2.92. The van der Waals surface area contributed by atoms with E-state index in [1.165, 1.54) is 7.11 Å². The van der Waals surface area contributed by atoms with Crippen LogP contribution in [0.4, 0.5) is 5.69 Å². The van der Waals surface area contributed by atoms with Crippen LogP contribution in [0.25, 0.3) is 0 Å². The number of hydrogen-bond donors (Lipinski definition) is 1. The normalized spacial score (nSPS) is 10.2. The SMILES string of the molecule is COc1cccc(C(=O)OCCc2ccsc2)c1N. The zero-order chi connectivity index (χ0) is 13.7. The fraction of sp³-hybridized carbons (Fsp3) is 0.214. The third-order valence-corrected chi connectivity index (χ3v) is 3.44. The molecular weight excluding hydrogens is 262 g/mol. The molecule has 0 fully saturated rings. The summed E-state index contributed by atoms with van der Waals surface area (Å²) in [7, 11) is 1.51. The number of benzene rings is 1. The molecule has 2 aromatic rings. The molecule has 2 rings (SSSR count). The standard InChI is InChI=1S/C14H15NO3S/c1-17-12-4-2-3-11(13(12)15)14(16)18-7-5-10-6-8-19-9-10/h2-4,6,8-9H,5,7,15H2,1H3. The number of carbonyl (C=O) groups is 1. The summed E-state index contributed by atoms with van der Waals surface area (Å²) in [6.07, 6.45) is 0.707. The number of nitrogen functional groups attached to an aromatic ring is 1. The molecule has 0 unspecified atom stereocenters. The van der Waals surface area contributed by atoms with Crippen molar-refractivity contribution in [1.29, 1.82) is 0 Å². The number of para-hydroxylation sites is 1. The maximum absolute atomic E-state index is 11.9. The second-order valence-corrected chi connectivity index (χ2v) is 4.72. The molecule has 0 saturated carbocycles. The van der Waals surface area contributed by atoms with Crippen LogP contribution in [0.5, 0.6) is 5.75 Å². The molecule has 0 atom stereocenters. The number of thiophene rings is 1. The van der Waals surface area contributed by atoms with E-state index in [-0.39, 0.29) is 0 Å². The monoisotopic (exact) mass is 277 g/mol. The lowest BCUT2D eigenvalue weighted by molar-refractivity contribution is 0.0510. The van der Waals surface area contributed by atoms with E-state index in [4.69, 9.17) is 15.2 Å². The number of nitrogens with two attached hydrogens (primary N) is 1. The van der Waals surface area contributed by atoms with E-state index < -0.39 is 5.97 Å². The zero-order valence-corrected chi connectivity index (χ0v) is 11.4. The van der Waals surface area contributed by atoms with Crippen LogP contribution in [0.2, 0.25) is 0 Å². The molecule has 1 heterocycles. The molecule has 100 valence electrons. The number of carbonyl (C=O) groups excluding carboxylic acids is 1. The van der Waals surface area contributed by atoms with E-state index in [1.807, 2.05) is 16.8 Å². The van der Waals surface area contributed by atoms with Crippen LogP contribution in [0.15, 0.2) is 35.0 Å². The molecular formula is C14H15NO3S. The molecule has 0 spiro atoms. The maximum atomic E-state index is 11.9. The molecule has 0 amide bonds. The Morgan fingerprint density at radius 2 is 2.21 bits per heavy atom. The minimum Gasteiger partial charge on any atom is -0.495 e. The Morgan fingerprint density at radius 1 is 1.37 bits per heavy atom. The smallest absolute Gasteiger partial charge is 0.340 e. The van der Waals surface area contributed by atoms with E-state index in [2.05, 4.69) is 0 Å². The van der Waals surface area contributed by atoms with Crippen molar-refractivity contribution in [3.63, 3.8) is 0 Å². The first-order valence-electron chi connectivity index (χ1n) is 5.83. The van der Waals surface area contributed by atoms with Gasteiger partial charge in [-0.25, -0.2) is 4.79 Å². The lowest BCUT2D eigenvalue weighted by Gasteiger charge is -2.09. The summed E-state index contributed by atoms with van der Waals surface area (Å²) < 4.78 is 10.3. The predicted molar refractivity (Wildman–Crippen MR) is 75.7 cm³/mol. The van der Waals surface area contributed by atoms with Gasteiger partial charge < -0.3 is 15.2 Å². The van der Waals surface area contributed by atoms with Crippen molar-refractivity contribution in [3.05, 3.63) is 46.2 Å².